The number of nitrogens with one attached hydrogen (secondary N) is 1. The number of methoxy groups -OCH3 is 2. The molecular weight excluding hydrogens is 466 g/mol. The number of ether oxygens (including phenoxy) is 2. The first-order chi connectivity index (χ1) is 15.6. The van der Waals surface area contributed by atoms with Crippen molar-refractivity contribution in [3.63, 3.8) is 0 Å². The van der Waals surface area contributed by atoms with Crippen molar-refractivity contribution in [2.24, 2.45) is 5.92 Å². The lowest BCUT2D eigenvalue weighted by molar-refractivity contribution is -0.204. The van der Waals surface area contributed by atoms with E-state index in [9.17, 15) is 13.2 Å². The molecule has 0 spiro atoms. The minimum Gasteiger partial charge on any atom is -0.348 e. The Kier molecular flexibility index (Phi) is 8.10. The lowest BCUT2D eigenvalue weighted by atomic mass is 9.87. The third-order valence-corrected chi connectivity index (χ3v) is 7.85. The second-order valence-corrected chi connectivity index (χ2v) is 10.9. The number of sulfone groups is 1. The number of rotatable bonds is 9. The third kappa shape index (κ3) is 6.09. The largest absolute Gasteiger partial charge is 0.348 e. The first-order valence-corrected chi connectivity index (χ1v) is 13.1. The summed E-state index contributed by atoms with van der Waals surface area (Å²) in [7, 11) is -0.442. The standard InChI is InChI=1S/C23H30ClN3O5S/c1-23(31-2,32-3)20-13-26-21(14-25-20)27-22(28)17(11-15-7-5-6-8-15)16-9-10-19(18(24)12-16)33(4,29)30/h9-10,12-15,17H,5-8,11H2,1-4H3,(H,26,27,28). The van der Waals surface area contributed by atoms with Crippen LogP contribution < -0.4 is 5.32 Å². The number of carbonyl (C=O) groups is 1. The number of aromatic nitrogens is 2. The highest BCUT2D eigenvalue weighted by molar-refractivity contribution is 7.90. The van der Waals surface area contributed by atoms with Crippen LogP contribution in [-0.4, -0.2) is 44.8 Å². The van der Waals surface area contributed by atoms with Gasteiger partial charge in [0, 0.05) is 20.5 Å². The van der Waals surface area contributed by atoms with E-state index in [1.807, 2.05) is 0 Å². The summed E-state index contributed by atoms with van der Waals surface area (Å²) >= 11 is 6.27. The number of anilines is 1. The maximum absolute atomic E-state index is 13.3. The smallest absolute Gasteiger partial charge is 0.233 e. The van der Waals surface area contributed by atoms with Gasteiger partial charge in [0.05, 0.1) is 28.2 Å². The molecule has 1 heterocycles. The van der Waals surface area contributed by atoms with E-state index >= 15 is 0 Å². The molecule has 33 heavy (non-hydrogen) atoms. The summed E-state index contributed by atoms with van der Waals surface area (Å²) in [6.45, 7) is 1.72. The fourth-order valence-corrected chi connectivity index (χ4v) is 5.48. The van der Waals surface area contributed by atoms with Crippen LogP contribution in [0.5, 0.6) is 0 Å². The van der Waals surface area contributed by atoms with E-state index in [1.54, 1.807) is 19.1 Å². The lowest BCUT2D eigenvalue weighted by Crippen LogP contribution is -2.28. The second-order valence-electron chi connectivity index (χ2n) is 8.53. The van der Waals surface area contributed by atoms with Crippen LogP contribution in [0.4, 0.5) is 5.82 Å². The van der Waals surface area contributed by atoms with Gasteiger partial charge in [0.15, 0.2) is 15.7 Å². The third-order valence-electron chi connectivity index (χ3n) is 6.27. The average molecular weight is 496 g/mol. The fourth-order valence-electron chi connectivity index (χ4n) is 4.14. The molecule has 1 fully saturated rings. The number of hydrogen-bond donors (Lipinski definition) is 1. The van der Waals surface area contributed by atoms with Crippen LogP contribution in [0.1, 0.15) is 56.2 Å². The molecule has 0 saturated heterocycles. The van der Waals surface area contributed by atoms with Crippen molar-refractivity contribution in [3.05, 3.63) is 46.9 Å². The van der Waals surface area contributed by atoms with Gasteiger partial charge in [-0.25, -0.2) is 13.4 Å². The van der Waals surface area contributed by atoms with E-state index in [0.717, 1.165) is 31.9 Å². The number of amides is 1. The van der Waals surface area contributed by atoms with Crippen LogP contribution in [0, 0.1) is 5.92 Å². The van der Waals surface area contributed by atoms with Crippen molar-refractivity contribution in [1.29, 1.82) is 0 Å². The van der Waals surface area contributed by atoms with Gasteiger partial charge in [0.25, 0.3) is 0 Å². The van der Waals surface area contributed by atoms with Gasteiger partial charge in [-0.15, -0.1) is 0 Å². The van der Waals surface area contributed by atoms with Crippen molar-refractivity contribution in [1.82, 2.24) is 9.97 Å². The summed E-state index contributed by atoms with van der Waals surface area (Å²) in [6.07, 6.45) is 9.14. The molecule has 1 N–H and O–H groups in total. The molecule has 1 atom stereocenters. The Balaban J connectivity index is 1.85. The Morgan fingerprint density at radius 3 is 2.39 bits per heavy atom. The highest BCUT2D eigenvalue weighted by Gasteiger charge is 2.30. The predicted molar refractivity (Wildman–Crippen MR) is 126 cm³/mol. The van der Waals surface area contributed by atoms with E-state index in [0.29, 0.717) is 29.4 Å². The van der Waals surface area contributed by atoms with Gasteiger partial charge in [-0.1, -0.05) is 43.4 Å². The van der Waals surface area contributed by atoms with Crippen molar-refractivity contribution in [3.8, 4) is 0 Å². The summed E-state index contributed by atoms with van der Waals surface area (Å²) in [5.41, 5.74) is 1.14. The molecule has 8 nitrogen and oxygen atoms in total. The van der Waals surface area contributed by atoms with Gasteiger partial charge in [-0.2, -0.15) is 0 Å². The SMILES string of the molecule is COC(C)(OC)c1cnc(NC(=O)C(CC2CCCC2)c2ccc(S(C)(=O)=O)c(Cl)c2)cn1. The molecule has 1 aliphatic carbocycles. The van der Waals surface area contributed by atoms with Crippen molar-refractivity contribution < 1.29 is 22.7 Å². The molecule has 3 rings (SSSR count). The van der Waals surface area contributed by atoms with Gasteiger partial charge < -0.3 is 14.8 Å². The molecule has 1 unspecified atom stereocenters. The van der Waals surface area contributed by atoms with Gasteiger partial charge in [0.1, 0.15) is 5.69 Å². The highest BCUT2D eigenvalue weighted by atomic mass is 35.5. The Labute approximate surface area is 200 Å². The molecule has 10 heteroatoms. The molecule has 1 saturated carbocycles. The fraction of sp³-hybridized carbons (Fsp3) is 0.522. The number of benzene rings is 1. The Morgan fingerprint density at radius 1 is 1.21 bits per heavy atom. The first-order valence-electron chi connectivity index (χ1n) is 10.8. The highest BCUT2D eigenvalue weighted by Crippen LogP contribution is 2.36. The van der Waals surface area contributed by atoms with Crippen LogP contribution in [-0.2, 0) is 29.9 Å². The normalized spacial score (nSPS) is 16.0. The number of halogens is 1. The summed E-state index contributed by atoms with van der Waals surface area (Å²) in [5, 5.41) is 2.95. The minimum absolute atomic E-state index is 0.0498. The number of hydrogen-bond acceptors (Lipinski definition) is 7. The molecule has 180 valence electrons. The maximum atomic E-state index is 13.3. The molecule has 0 radical (unpaired) electrons. The minimum atomic E-state index is -3.46. The molecule has 0 bridgehead atoms. The number of nitrogens with zero attached hydrogens (tertiary/aromatic N) is 2. The zero-order chi connectivity index (χ0) is 24.2. The van der Waals surface area contributed by atoms with E-state index in [1.165, 1.54) is 32.7 Å². The predicted octanol–water partition coefficient (Wildman–Crippen LogP) is 4.30. The molecular formula is C23H30ClN3O5S. The number of carbonyl (C=O) groups excluding carboxylic acids is 1. The van der Waals surface area contributed by atoms with Crippen molar-refractivity contribution in [2.45, 2.75) is 55.6 Å². The topological polar surface area (TPSA) is 107 Å². The van der Waals surface area contributed by atoms with E-state index in [2.05, 4.69) is 15.3 Å². The van der Waals surface area contributed by atoms with E-state index < -0.39 is 21.5 Å². The van der Waals surface area contributed by atoms with Crippen LogP contribution in [0.15, 0.2) is 35.5 Å². The zero-order valence-electron chi connectivity index (χ0n) is 19.3. The van der Waals surface area contributed by atoms with Crippen molar-refractivity contribution >= 4 is 33.2 Å². The first kappa shape index (κ1) is 25.6. The van der Waals surface area contributed by atoms with Gasteiger partial charge in [-0.3, -0.25) is 9.78 Å². The summed E-state index contributed by atoms with van der Waals surface area (Å²) in [6, 6.07) is 4.71. The van der Waals surface area contributed by atoms with E-state index in [-0.39, 0.29) is 15.8 Å². The summed E-state index contributed by atoms with van der Waals surface area (Å²) < 4.78 is 34.6. The molecule has 1 aromatic heterocycles. The van der Waals surface area contributed by atoms with Crippen LogP contribution in [0.3, 0.4) is 0 Å². The van der Waals surface area contributed by atoms with Crippen LogP contribution >= 0.6 is 11.6 Å². The summed E-state index contributed by atoms with van der Waals surface area (Å²) in [5.74, 6) is -1.06. The Hall–Kier alpha value is -2.07. The summed E-state index contributed by atoms with van der Waals surface area (Å²) in [4.78, 5) is 22.0. The quantitative estimate of drug-likeness (QED) is 0.516. The maximum Gasteiger partial charge on any atom is 0.233 e. The molecule has 1 aromatic carbocycles. The van der Waals surface area contributed by atoms with Gasteiger partial charge in [-0.05, 0) is 37.0 Å². The molecule has 2 aromatic rings. The van der Waals surface area contributed by atoms with Crippen molar-refractivity contribution in [2.75, 3.05) is 25.8 Å². The second kappa shape index (κ2) is 10.5. The lowest BCUT2D eigenvalue weighted by Gasteiger charge is -2.25. The zero-order valence-corrected chi connectivity index (χ0v) is 20.9. The molecule has 0 aliphatic heterocycles. The van der Waals surface area contributed by atoms with Crippen LogP contribution in [0.25, 0.3) is 0 Å². The average Bonchev–Trinajstić information content (AvgIpc) is 3.29. The van der Waals surface area contributed by atoms with Crippen LogP contribution in [0.2, 0.25) is 5.02 Å². The van der Waals surface area contributed by atoms with Gasteiger partial charge >= 0.3 is 0 Å². The van der Waals surface area contributed by atoms with Gasteiger partial charge in [0.2, 0.25) is 11.7 Å². The molecule has 1 aliphatic rings. The monoisotopic (exact) mass is 495 g/mol. The Bertz CT molecular complexity index is 1080. The van der Waals surface area contributed by atoms with E-state index in [4.69, 9.17) is 21.1 Å². The Morgan fingerprint density at radius 2 is 1.88 bits per heavy atom. The molecule has 1 amide bonds.